The normalized spacial score (nSPS) is 31.7. The van der Waals surface area contributed by atoms with Crippen molar-refractivity contribution in [2.75, 3.05) is 78.9 Å². The Morgan fingerprint density at radius 1 is 0.729 bits per heavy atom. The molecule has 6 rings (SSSR count). The van der Waals surface area contributed by atoms with E-state index in [2.05, 4.69) is 37.5 Å². The number of hydrogen-bond donors (Lipinski definition) is 0. The van der Waals surface area contributed by atoms with E-state index in [1.807, 2.05) is 0 Å². The number of carbonyl (C=O) groups excluding carboxylic acids is 5. The molecule has 2 aliphatic heterocycles. The topological polar surface area (TPSA) is 129 Å². The van der Waals surface area contributed by atoms with Gasteiger partial charge in [-0.3, -0.25) is 33.8 Å². The van der Waals surface area contributed by atoms with Crippen molar-refractivity contribution in [2.24, 2.45) is 46.3 Å². The fraction of sp³-hybridized carbons (Fsp3) is 0.896. The van der Waals surface area contributed by atoms with Crippen molar-refractivity contribution in [3.05, 3.63) is 0 Å². The summed E-state index contributed by atoms with van der Waals surface area (Å²) in [5.41, 5.74) is -0.581. The van der Waals surface area contributed by atoms with Crippen LogP contribution in [0.5, 0.6) is 0 Å². The van der Waals surface area contributed by atoms with Crippen LogP contribution in [0.4, 0.5) is 0 Å². The number of hydrogen-bond acceptors (Lipinski definition) is 11. The molecule has 0 spiro atoms. The van der Waals surface area contributed by atoms with E-state index in [0.717, 1.165) is 97.8 Å². The zero-order valence-electron chi connectivity index (χ0n) is 37.5. The predicted molar refractivity (Wildman–Crippen MR) is 228 cm³/mol. The Bertz CT molecular complexity index is 1360. The van der Waals surface area contributed by atoms with Gasteiger partial charge in [-0.15, -0.1) is 0 Å². The second kappa shape index (κ2) is 23.9. The first-order chi connectivity index (χ1) is 28.5. The molecule has 0 N–H and O–H groups in total. The standard InChI is InChI=1S/C30H45NO6.C18H35NO3/c1-19(4-7-27(35)37-15-12-31-10-13-36-14-11-31)22-5-6-23-28-24(18-26(34)30(22,23)3)29(2)9-8-21(32)16-20(29)17-25(28)33;1-2-3-4-5-6-7-8-9-10-11-18(20)22-17-14-19-12-15-21-16-13-19/h19-20,22-24,28H,4-18H2,1-3H3;2-17H2,1H3/t19?,20-,22+,23-,24-,28-,29-,30+;/m0./s1. The van der Waals surface area contributed by atoms with E-state index in [0.29, 0.717) is 69.7 Å². The maximum absolute atomic E-state index is 13.9. The molecular formula is C48H80N2O9. The lowest BCUT2D eigenvalue weighted by molar-refractivity contribution is -0.166. The molecule has 1 unspecified atom stereocenters. The Labute approximate surface area is 356 Å². The molecule has 8 atom stereocenters. The lowest BCUT2D eigenvalue weighted by Gasteiger charge is -2.58. The third kappa shape index (κ3) is 13.2. The molecule has 6 aliphatic rings. The van der Waals surface area contributed by atoms with Crippen molar-refractivity contribution in [2.45, 2.75) is 150 Å². The van der Waals surface area contributed by atoms with Gasteiger partial charge in [0.25, 0.3) is 0 Å². The highest BCUT2D eigenvalue weighted by atomic mass is 16.5. The number of rotatable bonds is 20. The second-order valence-corrected chi connectivity index (χ2v) is 19.4. The summed E-state index contributed by atoms with van der Waals surface area (Å²) >= 11 is 0. The molecule has 4 aliphatic carbocycles. The van der Waals surface area contributed by atoms with Crippen LogP contribution in [-0.4, -0.2) is 118 Å². The Balaban J connectivity index is 0.000000258. The molecule has 336 valence electrons. The summed E-state index contributed by atoms with van der Waals surface area (Å²) in [6, 6.07) is 0. The van der Waals surface area contributed by atoms with Crippen molar-refractivity contribution in [3.8, 4) is 0 Å². The van der Waals surface area contributed by atoms with Gasteiger partial charge in [-0.1, -0.05) is 79.1 Å². The maximum atomic E-state index is 13.9. The van der Waals surface area contributed by atoms with Gasteiger partial charge in [-0.25, -0.2) is 0 Å². The Kier molecular flexibility index (Phi) is 19.3. The minimum Gasteiger partial charge on any atom is -0.464 e. The quantitative estimate of drug-likeness (QED) is 0.0887. The maximum Gasteiger partial charge on any atom is 0.305 e. The van der Waals surface area contributed by atoms with Gasteiger partial charge < -0.3 is 18.9 Å². The van der Waals surface area contributed by atoms with Gasteiger partial charge in [0.2, 0.25) is 0 Å². The summed E-state index contributed by atoms with van der Waals surface area (Å²) in [6.07, 6.45) is 17.9. The van der Waals surface area contributed by atoms with E-state index in [1.54, 1.807) is 0 Å². The van der Waals surface area contributed by atoms with Gasteiger partial charge in [0.05, 0.1) is 26.4 Å². The fourth-order valence-corrected chi connectivity index (χ4v) is 11.9. The number of morpholine rings is 2. The molecule has 0 amide bonds. The highest BCUT2D eigenvalue weighted by Gasteiger charge is 2.66. The molecule has 2 saturated heterocycles. The molecule has 2 heterocycles. The molecule has 0 bridgehead atoms. The minimum absolute atomic E-state index is 0.0313. The number of ketones is 3. The molecule has 11 nitrogen and oxygen atoms in total. The van der Waals surface area contributed by atoms with E-state index >= 15 is 0 Å². The van der Waals surface area contributed by atoms with E-state index in [1.165, 1.54) is 44.9 Å². The number of fused-ring (bicyclic) bond motifs is 5. The van der Waals surface area contributed by atoms with Crippen molar-refractivity contribution in [1.82, 2.24) is 9.80 Å². The molecule has 11 heteroatoms. The van der Waals surface area contributed by atoms with Crippen LogP contribution in [0.2, 0.25) is 0 Å². The highest BCUT2D eigenvalue weighted by Crippen LogP contribution is 2.66. The molecule has 0 radical (unpaired) electrons. The number of carbonyl (C=O) groups is 5. The molecule has 6 fully saturated rings. The Morgan fingerprint density at radius 2 is 1.29 bits per heavy atom. The molecule has 59 heavy (non-hydrogen) atoms. The van der Waals surface area contributed by atoms with Crippen LogP contribution in [-0.2, 0) is 42.9 Å². The number of unbranched alkanes of at least 4 members (excludes halogenated alkanes) is 8. The summed E-state index contributed by atoms with van der Waals surface area (Å²) in [7, 11) is 0. The first kappa shape index (κ1) is 47.8. The van der Waals surface area contributed by atoms with Crippen LogP contribution in [0.15, 0.2) is 0 Å². The van der Waals surface area contributed by atoms with Gasteiger partial charge >= 0.3 is 11.9 Å². The Hall–Kier alpha value is -2.21. The molecule has 0 aromatic rings. The SMILES string of the molecule is CC(CCC(=O)OCCN1CCOCC1)[C@H]1CC[C@H]2[C@@H]3C(=O)C[C@@H]4CC(=O)CC[C@]4(C)[C@H]3CC(=O)[C@]12C.CCCCCCCCCCCC(=O)OCCN1CCOCC1. The van der Waals surface area contributed by atoms with Crippen molar-refractivity contribution >= 4 is 29.3 Å². The smallest absolute Gasteiger partial charge is 0.305 e. The third-order valence-electron chi connectivity index (χ3n) is 15.7. The molecule has 4 saturated carbocycles. The van der Waals surface area contributed by atoms with E-state index < -0.39 is 5.41 Å². The van der Waals surface area contributed by atoms with Gasteiger partial charge in [0.15, 0.2) is 0 Å². The fourth-order valence-electron chi connectivity index (χ4n) is 11.9. The summed E-state index contributed by atoms with van der Waals surface area (Å²) < 4.78 is 21.5. The van der Waals surface area contributed by atoms with Crippen LogP contribution < -0.4 is 0 Å². The number of esters is 2. The van der Waals surface area contributed by atoms with Crippen LogP contribution in [0.1, 0.15) is 150 Å². The first-order valence-electron chi connectivity index (χ1n) is 24.0. The van der Waals surface area contributed by atoms with Crippen LogP contribution in [0.25, 0.3) is 0 Å². The zero-order valence-corrected chi connectivity index (χ0v) is 37.5. The monoisotopic (exact) mass is 829 g/mol. The lowest BCUT2D eigenvalue weighted by atomic mass is 9.44. The zero-order chi connectivity index (χ0) is 42.3. The van der Waals surface area contributed by atoms with Crippen LogP contribution in [0, 0.1) is 46.3 Å². The summed E-state index contributed by atoms with van der Waals surface area (Å²) in [5, 5.41) is 0. The summed E-state index contributed by atoms with van der Waals surface area (Å²) in [6.45, 7) is 18.0. The van der Waals surface area contributed by atoms with Crippen LogP contribution >= 0.6 is 0 Å². The van der Waals surface area contributed by atoms with Gasteiger partial charge in [0.1, 0.15) is 30.6 Å². The van der Waals surface area contributed by atoms with Gasteiger partial charge in [-0.2, -0.15) is 0 Å². The van der Waals surface area contributed by atoms with E-state index in [9.17, 15) is 24.0 Å². The van der Waals surface area contributed by atoms with E-state index in [-0.39, 0.29) is 58.6 Å². The first-order valence-corrected chi connectivity index (χ1v) is 24.0. The molecular weight excluding hydrogens is 749 g/mol. The average molecular weight is 829 g/mol. The third-order valence-corrected chi connectivity index (χ3v) is 15.7. The largest absolute Gasteiger partial charge is 0.464 e. The Morgan fingerprint density at radius 3 is 1.88 bits per heavy atom. The van der Waals surface area contributed by atoms with Crippen molar-refractivity contribution < 1.29 is 42.9 Å². The lowest BCUT2D eigenvalue weighted by Crippen LogP contribution is -2.60. The summed E-state index contributed by atoms with van der Waals surface area (Å²) in [5.74, 6) is 1.31. The predicted octanol–water partition coefficient (Wildman–Crippen LogP) is 7.65. The van der Waals surface area contributed by atoms with Gasteiger partial charge in [0, 0.05) is 89.1 Å². The van der Waals surface area contributed by atoms with Crippen molar-refractivity contribution in [1.29, 1.82) is 0 Å². The van der Waals surface area contributed by atoms with Crippen LogP contribution in [0.3, 0.4) is 0 Å². The second-order valence-electron chi connectivity index (χ2n) is 19.4. The molecule has 0 aromatic carbocycles. The minimum atomic E-state index is -0.496. The molecule has 0 aromatic heterocycles. The summed E-state index contributed by atoms with van der Waals surface area (Å²) in [4.78, 5) is 68.2. The van der Waals surface area contributed by atoms with Crippen molar-refractivity contribution in [3.63, 3.8) is 0 Å². The number of nitrogens with zero attached hydrogens (tertiary/aromatic N) is 2. The highest BCUT2D eigenvalue weighted by molar-refractivity contribution is 5.93. The average Bonchev–Trinajstić information content (AvgIpc) is 3.59. The van der Waals surface area contributed by atoms with E-state index in [4.69, 9.17) is 18.9 Å². The number of ether oxygens (including phenoxy) is 4. The number of Topliss-reactive ketones (excluding diaryl/α,β-unsaturated/α-hetero) is 3. The van der Waals surface area contributed by atoms with Gasteiger partial charge in [-0.05, 0) is 67.1 Å².